The topological polar surface area (TPSA) is 98.2 Å². The van der Waals surface area contributed by atoms with Gasteiger partial charge >= 0.3 is 0 Å². The van der Waals surface area contributed by atoms with Crippen molar-refractivity contribution in [1.29, 1.82) is 0 Å². The van der Waals surface area contributed by atoms with Crippen molar-refractivity contribution < 1.29 is 9.59 Å². The Morgan fingerprint density at radius 2 is 1.88 bits per heavy atom. The van der Waals surface area contributed by atoms with E-state index in [1.165, 1.54) is 0 Å². The third kappa shape index (κ3) is 2.14. The number of amides is 2. The van der Waals surface area contributed by atoms with E-state index in [9.17, 15) is 9.59 Å². The lowest BCUT2D eigenvalue weighted by molar-refractivity contribution is -0.123. The van der Waals surface area contributed by atoms with Gasteiger partial charge in [-0.1, -0.05) is 12.1 Å². The van der Waals surface area contributed by atoms with Crippen molar-refractivity contribution in [1.82, 2.24) is 0 Å². The molecule has 0 atom stereocenters. The molecule has 2 rings (SSSR count). The van der Waals surface area contributed by atoms with Gasteiger partial charge in [0.05, 0.1) is 16.8 Å². The van der Waals surface area contributed by atoms with Crippen LogP contribution in [0.5, 0.6) is 0 Å². The Hall–Kier alpha value is -1.88. The number of carbonyl (C=O) groups is 2. The second-order valence-corrected chi connectivity index (χ2v) is 4.37. The normalized spacial score (nSPS) is 17.0. The SMILES string of the molecule is NC(=O)c1ccccc1NC(=O)C1(N)CCC1. The number of rotatable bonds is 3. The minimum absolute atomic E-state index is 0.252. The number of hydrogen-bond donors (Lipinski definition) is 3. The van der Waals surface area contributed by atoms with Crippen LogP contribution in [0.3, 0.4) is 0 Å². The standard InChI is InChI=1S/C12H15N3O2/c13-10(16)8-4-1-2-5-9(8)15-11(17)12(14)6-3-7-12/h1-2,4-5H,3,6-7,14H2,(H2,13,16)(H,15,17). The van der Waals surface area contributed by atoms with Crippen LogP contribution < -0.4 is 16.8 Å². The highest BCUT2D eigenvalue weighted by Gasteiger charge is 2.40. The average Bonchev–Trinajstić information content (AvgIpc) is 2.26. The minimum Gasteiger partial charge on any atom is -0.366 e. The van der Waals surface area contributed by atoms with Crippen LogP contribution in [0.1, 0.15) is 29.6 Å². The van der Waals surface area contributed by atoms with Crippen LogP contribution in [0.2, 0.25) is 0 Å². The summed E-state index contributed by atoms with van der Waals surface area (Å²) in [4.78, 5) is 23.1. The summed E-state index contributed by atoms with van der Waals surface area (Å²) >= 11 is 0. The molecule has 1 aromatic carbocycles. The summed E-state index contributed by atoms with van der Waals surface area (Å²) in [5.74, 6) is -0.821. The van der Waals surface area contributed by atoms with Gasteiger partial charge in [0, 0.05) is 0 Å². The third-order valence-corrected chi connectivity index (χ3v) is 3.14. The summed E-state index contributed by atoms with van der Waals surface area (Å²) in [6.45, 7) is 0. The zero-order valence-corrected chi connectivity index (χ0v) is 9.40. The summed E-state index contributed by atoms with van der Waals surface area (Å²) in [6, 6.07) is 6.63. The molecule has 1 aromatic rings. The monoisotopic (exact) mass is 233 g/mol. The summed E-state index contributed by atoms with van der Waals surface area (Å²) < 4.78 is 0. The van der Waals surface area contributed by atoms with Crippen molar-refractivity contribution in [3.05, 3.63) is 29.8 Å². The van der Waals surface area contributed by atoms with Gasteiger partial charge in [0.1, 0.15) is 0 Å². The Kier molecular flexibility index (Phi) is 2.85. The van der Waals surface area contributed by atoms with E-state index in [4.69, 9.17) is 11.5 Å². The zero-order chi connectivity index (χ0) is 12.5. The molecule has 90 valence electrons. The fraction of sp³-hybridized carbons (Fsp3) is 0.333. The fourth-order valence-corrected chi connectivity index (χ4v) is 1.84. The van der Waals surface area contributed by atoms with Crippen LogP contribution in [0.25, 0.3) is 0 Å². The van der Waals surface area contributed by atoms with Crippen LogP contribution >= 0.6 is 0 Å². The van der Waals surface area contributed by atoms with Crippen molar-refractivity contribution in [2.24, 2.45) is 11.5 Å². The molecule has 1 saturated carbocycles. The first-order valence-corrected chi connectivity index (χ1v) is 5.52. The first-order valence-electron chi connectivity index (χ1n) is 5.52. The van der Waals surface area contributed by atoms with Gasteiger partial charge in [0.25, 0.3) is 5.91 Å². The van der Waals surface area contributed by atoms with E-state index in [0.717, 1.165) is 6.42 Å². The molecule has 0 heterocycles. The molecular formula is C12H15N3O2. The summed E-state index contributed by atoms with van der Waals surface area (Å²) in [7, 11) is 0. The molecule has 2 amide bonds. The lowest BCUT2D eigenvalue weighted by atomic mass is 9.77. The lowest BCUT2D eigenvalue weighted by Gasteiger charge is -2.36. The molecule has 17 heavy (non-hydrogen) atoms. The highest BCUT2D eigenvalue weighted by Crippen LogP contribution is 2.30. The van der Waals surface area contributed by atoms with Gasteiger partial charge in [-0.3, -0.25) is 9.59 Å². The largest absolute Gasteiger partial charge is 0.366 e. The molecular weight excluding hydrogens is 218 g/mol. The van der Waals surface area contributed by atoms with E-state index in [0.29, 0.717) is 24.1 Å². The second kappa shape index (κ2) is 4.18. The molecule has 0 aromatic heterocycles. The second-order valence-electron chi connectivity index (χ2n) is 4.37. The van der Waals surface area contributed by atoms with Crippen LogP contribution in [-0.2, 0) is 4.79 Å². The van der Waals surface area contributed by atoms with Crippen LogP contribution in [0.15, 0.2) is 24.3 Å². The maximum absolute atomic E-state index is 11.9. The number of carbonyl (C=O) groups excluding carboxylic acids is 2. The van der Waals surface area contributed by atoms with Crippen molar-refractivity contribution in [3.8, 4) is 0 Å². The van der Waals surface area contributed by atoms with Gasteiger partial charge < -0.3 is 16.8 Å². The predicted octanol–water partition coefficient (Wildman–Crippen LogP) is 0.605. The molecule has 0 radical (unpaired) electrons. The quantitative estimate of drug-likeness (QED) is 0.713. The van der Waals surface area contributed by atoms with Gasteiger partial charge in [-0.05, 0) is 31.4 Å². The minimum atomic E-state index is -0.787. The zero-order valence-electron chi connectivity index (χ0n) is 9.40. The van der Waals surface area contributed by atoms with E-state index < -0.39 is 11.4 Å². The molecule has 5 heteroatoms. The number of primary amides is 1. The fourth-order valence-electron chi connectivity index (χ4n) is 1.84. The average molecular weight is 233 g/mol. The molecule has 1 aliphatic carbocycles. The summed E-state index contributed by atoms with van der Waals surface area (Å²) in [6.07, 6.45) is 2.32. The van der Waals surface area contributed by atoms with Gasteiger partial charge in [-0.2, -0.15) is 0 Å². The molecule has 5 nitrogen and oxygen atoms in total. The molecule has 1 aliphatic rings. The van der Waals surface area contributed by atoms with Crippen LogP contribution in [0, 0.1) is 0 Å². The smallest absolute Gasteiger partial charge is 0.250 e. The van der Waals surface area contributed by atoms with Crippen molar-refractivity contribution in [3.63, 3.8) is 0 Å². The number of nitrogens with two attached hydrogens (primary N) is 2. The third-order valence-electron chi connectivity index (χ3n) is 3.14. The van der Waals surface area contributed by atoms with Crippen LogP contribution in [-0.4, -0.2) is 17.4 Å². The van der Waals surface area contributed by atoms with E-state index >= 15 is 0 Å². The summed E-state index contributed by atoms with van der Waals surface area (Å²) in [5.41, 5.74) is 11.0. The number of benzene rings is 1. The Bertz CT molecular complexity index is 467. The Balaban J connectivity index is 2.18. The number of hydrogen-bond acceptors (Lipinski definition) is 3. The first kappa shape index (κ1) is 11.6. The maximum atomic E-state index is 11.9. The van der Waals surface area contributed by atoms with Crippen molar-refractivity contribution in [2.75, 3.05) is 5.32 Å². The molecule has 0 spiro atoms. The Labute approximate surface area is 99.2 Å². The molecule has 0 bridgehead atoms. The number of para-hydroxylation sites is 1. The Morgan fingerprint density at radius 3 is 2.41 bits per heavy atom. The number of nitrogens with one attached hydrogen (secondary N) is 1. The number of anilines is 1. The van der Waals surface area contributed by atoms with Gasteiger partial charge in [0.15, 0.2) is 0 Å². The molecule has 0 unspecified atom stereocenters. The molecule has 1 fully saturated rings. The maximum Gasteiger partial charge on any atom is 0.250 e. The lowest BCUT2D eigenvalue weighted by Crippen LogP contribution is -2.56. The van der Waals surface area contributed by atoms with E-state index in [-0.39, 0.29) is 5.91 Å². The van der Waals surface area contributed by atoms with E-state index in [1.54, 1.807) is 24.3 Å². The van der Waals surface area contributed by atoms with Crippen LogP contribution in [0.4, 0.5) is 5.69 Å². The highest BCUT2D eigenvalue weighted by molar-refractivity contribution is 6.05. The Morgan fingerprint density at radius 1 is 1.24 bits per heavy atom. The highest BCUT2D eigenvalue weighted by atomic mass is 16.2. The summed E-state index contributed by atoms with van der Waals surface area (Å²) in [5, 5.41) is 2.67. The molecule has 0 aliphatic heterocycles. The molecule has 5 N–H and O–H groups in total. The van der Waals surface area contributed by atoms with E-state index in [1.807, 2.05) is 0 Å². The predicted molar refractivity (Wildman–Crippen MR) is 64.4 cm³/mol. The van der Waals surface area contributed by atoms with Gasteiger partial charge in [-0.25, -0.2) is 0 Å². The molecule has 0 saturated heterocycles. The van der Waals surface area contributed by atoms with Crippen molar-refractivity contribution >= 4 is 17.5 Å². The van der Waals surface area contributed by atoms with Gasteiger partial charge in [-0.15, -0.1) is 0 Å². The van der Waals surface area contributed by atoms with Gasteiger partial charge in [0.2, 0.25) is 5.91 Å². The van der Waals surface area contributed by atoms with E-state index in [2.05, 4.69) is 5.32 Å². The first-order chi connectivity index (χ1) is 8.03. The van der Waals surface area contributed by atoms with Crippen molar-refractivity contribution in [2.45, 2.75) is 24.8 Å².